The molecule has 4 rings (SSSR count). The summed E-state index contributed by atoms with van der Waals surface area (Å²) in [7, 11) is -3.79. The Morgan fingerprint density at radius 3 is 2.77 bits per heavy atom. The van der Waals surface area contributed by atoms with Gasteiger partial charge in [-0.25, -0.2) is 8.42 Å². The fraction of sp³-hybridized carbons (Fsp3) is 0.250. The molecule has 156 valence electrons. The van der Waals surface area contributed by atoms with Crippen molar-refractivity contribution in [3.63, 3.8) is 0 Å². The van der Waals surface area contributed by atoms with Crippen LogP contribution in [0.25, 0.3) is 0 Å². The zero-order valence-corrected chi connectivity index (χ0v) is 18.7. The van der Waals surface area contributed by atoms with Gasteiger partial charge in [-0.1, -0.05) is 60.4 Å². The summed E-state index contributed by atoms with van der Waals surface area (Å²) in [6, 6.07) is 14.8. The number of nitrogens with one attached hydrogen (secondary N) is 1. The molecule has 0 saturated heterocycles. The number of sulfonamides is 1. The van der Waals surface area contributed by atoms with E-state index in [1.54, 1.807) is 17.0 Å². The summed E-state index contributed by atoms with van der Waals surface area (Å²) < 4.78 is 28.8. The van der Waals surface area contributed by atoms with Gasteiger partial charge in [0.2, 0.25) is 11.0 Å². The van der Waals surface area contributed by atoms with Crippen LogP contribution in [0, 0.1) is 0 Å². The first-order valence-corrected chi connectivity index (χ1v) is 12.7. The van der Waals surface area contributed by atoms with Crippen LogP contribution in [0.4, 0.5) is 10.8 Å². The molecule has 3 aromatic rings. The minimum atomic E-state index is -3.79. The quantitative estimate of drug-likeness (QED) is 0.537. The van der Waals surface area contributed by atoms with Crippen LogP contribution in [0.3, 0.4) is 0 Å². The Morgan fingerprint density at radius 1 is 1.20 bits per heavy atom. The lowest BCUT2D eigenvalue weighted by atomic mass is 10.2. The molecule has 0 unspecified atom stereocenters. The molecule has 0 fully saturated rings. The highest BCUT2D eigenvalue weighted by Crippen LogP contribution is 2.32. The summed E-state index contributed by atoms with van der Waals surface area (Å²) in [6.45, 7) is 2.40. The van der Waals surface area contributed by atoms with Crippen molar-refractivity contribution in [3.8, 4) is 0 Å². The van der Waals surface area contributed by atoms with E-state index in [9.17, 15) is 13.2 Å². The van der Waals surface area contributed by atoms with Gasteiger partial charge in [0.25, 0.3) is 10.0 Å². The molecule has 7 nitrogen and oxygen atoms in total. The zero-order chi connectivity index (χ0) is 21.1. The third kappa shape index (κ3) is 4.50. The highest BCUT2D eigenvalue weighted by molar-refractivity contribution is 8.00. The molecule has 0 saturated carbocycles. The Balaban J connectivity index is 1.45. The summed E-state index contributed by atoms with van der Waals surface area (Å²) in [6.07, 6.45) is 1.06. The predicted octanol–water partition coefficient (Wildman–Crippen LogP) is 3.93. The Kier molecular flexibility index (Phi) is 6.07. The number of nitrogens with zero attached hydrogens (tertiary/aromatic N) is 3. The number of hydrogen-bond acceptors (Lipinski definition) is 7. The number of carbonyl (C=O) groups is 1. The average Bonchev–Trinajstić information content (AvgIpc) is 3.38. The number of carbonyl (C=O) groups excluding carboxylic acids is 1. The van der Waals surface area contributed by atoms with E-state index in [4.69, 9.17) is 0 Å². The van der Waals surface area contributed by atoms with Crippen LogP contribution >= 0.6 is 23.1 Å². The molecule has 2 heterocycles. The SMILES string of the molecule is CCC(=O)N1CCc2cc(S(=O)(=O)Nc3nnc(SCc4ccccc4)s3)ccc21. The van der Waals surface area contributed by atoms with Crippen molar-refractivity contribution in [2.45, 2.75) is 34.8 Å². The molecule has 10 heteroatoms. The Morgan fingerprint density at radius 2 is 2.00 bits per heavy atom. The van der Waals surface area contributed by atoms with Gasteiger partial charge in [0.1, 0.15) is 0 Å². The van der Waals surface area contributed by atoms with Gasteiger partial charge in [0, 0.05) is 24.4 Å². The van der Waals surface area contributed by atoms with Crippen LogP contribution in [-0.4, -0.2) is 31.1 Å². The molecule has 0 radical (unpaired) electrons. The molecule has 0 aliphatic carbocycles. The van der Waals surface area contributed by atoms with E-state index in [-0.39, 0.29) is 15.9 Å². The number of anilines is 2. The smallest absolute Gasteiger partial charge is 0.263 e. The molecular weight excluding hydrogens is 440 g/mol. The number of aromatic nitrogens is 2. The van der Waals surface area contributed by atoms with E-state index in [2.05, 4.69) is 14.9 Å². The highest BCUT2D eigenvalue weighted by Gasteiger charge is 2.26. The topological polar surface area (TPSA) is 92.3 Å². The summed E-state index contributed by atoms with van der Waals surface area (Å²) in [5, 5.41) is 8.26. The van der Waals surface area contributed by atoms with Crippen LogP contribution in [-0.2, 0) is 27.0 Å². The number of benzene rings is 2. The zero-order valence-electron chi connectivity index (χ0n) is 16.2. The summed E-state index contributed by atoms with van der Waals surface area (Å²) in [5.74, 6) is 0.775. The number of amides is 1. The lowest BCUT2D eigenvalue weighted by Crippen LogP contribution is -2.27. The van der Waals surface area contributed by atoms with E-state index >= 15 is 0 Å². The molecule has 0 atom stereocenters. The lowest BCUT2D eigenvalue weighted by Gasteiger charge is -2.16. The van der Waals surface area contributed by atoms with E-state index in [0.717, 1.165) is 22.6 Å². The van der Waals surface area contributed by atoms with Gasteiger partial charge >= 0.3 is 0 Å². The van der Waals surface area contributed by atoms with Crippen LogP contribution in [0.15, 0.2) is 57.8 Å². The molecular formula is C20H20N4O3S3. The first-order chi connectivity index (χ1) is 14.5. The predicted molar refractivity (Wildman–Crippen MR) is 120 cm³/mol. The van der Waals surface area contributed by atoms with E-state index in [1.807, 2.05) is 37.3 Å². The summed E-state index contributed by atoms with van der Waals surface area (Å²) >= 11 is 2.71. The fourth-order valence-electron chi connectivity index (χ4n) is 3.20. The molecule has 1 N–H and O–H groups in total. The van der Waals surface area contributed by atoms with Crippen molar-refractivity contribution in [1.82, 2.24) is 10.2 Å². The van der Waals surface area contributed by atoms with Gasteiger partial charge in [-0.2, -0.15) is 0 Å². The largest absolute Gasteiger partial charge is 0.312 e. The van der Waals surface area contributed by atoms with Gasteiger partial charge < -0.3 is 4.90 Å². The van der Waals surface area contributed by atoms with Crippen molar-refractivity contribution >= 4 is 49.8 Å². The number of fused-ring (bicyclic) bond motifs is 1. The third-order valence-electron chi connectivity index (χ3n) is 4.69. The minimum absolute atomic E-state index is 0.0388. The first kappa shape index (κ1) is 20.8. The normalized spacial score (nSPS) is 13.3. The van der Waals surface area contributed by atoms with Crippen molar-refractivity contribution < 1.29 is 13.2 Å². The van der Waals surface area contributed by atoms with E-state index < -0.39 is 10.0 Å². The molecule has 1 aromatic heterocycles. The van der Waals surface area contributed by atoms with Crippen LogP contribution in [0.1, 0.15) is 24.5 Å². The highest BCUT2D eigenvalue weighted by atomic mass is 32.2. The monoisotopic (exact) mass is 460 g/mol. The molecule has 1 aliphatic heterocycles. The molecule has 1 amide bonds. The summed E-state index contributed by atoms with van der Waals surface area (Å²) in [5.41, 5.74) is 2.81. The lowest BCUT2D eigenvalue weighted by molar-refractivity contribution is -0.118. The standard InChI is InChI=1S/C20H20N4O3S3/c1-2-18(25)24-11-10-15-12-16(8-9-17(15)24)30(26,27)23-19-21-22-20(29-19)28-13-14-6-4-3-5-7-14/h3-9,12H,2,10-11,13H2,1H3,(H,21,23). The molecule has 1 aliphatic rings. The summed E-state index contributed by atoms with van der Waals surface area (Å²) in [4.78, 5) is 13.9. The molecule has 0 spiro atoms. The third-order valence-corrected chi connectivity index (χ3v) is 8.20. The van der Waals surface area contributed by atoms with Crippen molar-refractivity contribution in [1.29, 1.82) is 0 Å². The maximum Gasteiger partial charge on any atom is 0.263 e. The molecule has 30 heavy (non-hydrogen) atoms. The minimum Gasteiger partial charge on any atom is -0.312 e. The Labute approximate surface area is 183 Å². The van der Waals surface area contributed by atoms with Gasteiger partial charge in [-0.05, 0) is 35.7 Å². The number of thioether (sulfide) groups is 1. The van der Waals surface area contributed by atoms with Crippen molar-refractivity contribution in [3.05, 3.63) is 59.7 Å². The molecule has 0 bridgehead atoms. The average molecular weight is 461 g/mol. The van der Waals surface area contributed by atoms with Gasteiger partial charge in [-0.3, -0.25) is 9.52 Å². The second-order valence-electron chi connectivity index (χ2n) is 6.69. The van der Waals surface area contributed by atoms with Crippen LogP contribution < -0.4 is 9.62 Å². The van der Waals surface area contributed by atoms with Gasteiger partial charge in [0.05, 0.1) is 4.90 Å². The number of rotatable bonds is 7. The first-order valence-electron chi connectivity index (χ1n) is 9.42. The number of hydrogen-bond donors (Lipinski definition) is 1. The van der Waals surface area contributed by atoms with E-state index in [0.29, 0.717) is 23.7 Å². The van der Waals surface area contributed by atoms with Gasteiger partial charge in [-0.15, -0.1) is 10.2 Å². The molecule has 2 aromatic carbocycles. The van der Waals surface area contributed by atoms with Crippen molar-refractivity contribution in [2.75, 3.05) is 16.2 Å². The fourth-order valence-corrected chi connectivity index (χ4v) is 6.19. The second kappa shape index (κ2) is 8.75. The Bertz CT molecular complexity index is 1160. The second-order valence-corrected chi connectivity index (χ2v) is 10.6. The maximum atomic E-state index is 12.8. The van der Waals surface area contributed by atoms with Crippen LogP contribution in [0.5, 0.6) is 0 Å². The van der Waals surface area contributed by atoms with Crippen LogP contribution in [0.2, 0.25) is 0 Å². The van der Waals surface area contributed by atoms with Gasteiger partial charge in [0.15, 0.2) is 4.34 Å². The van der Waals surface area contributed by atoms with E-state index in [1.165, 1.54) is 29.2 Å². The van der Waals surface area contributed by atoms with Crippen molar-refractivity contribution in [2.24, 2.45) is 0 Å². The Hall–Kier alpha value is -2.43. The maximum absolute atomic E-state index is 12.8.